The van der Waals surface area contributed by atoms with Crippen molar-refractivity contribution in [1.82, 2.24) is 10.0 Å². The van der Waals surface area contributed by atoms with Crippen molar-refractivity contribution in [2.24, 2.45) is 0 Å². The van der Waals surface area contributed by atoms with Gasteiger partial charge in [0.05, 0.1) is 6.26 Å². The molecular formula is C11H17IN2O2S. The summed E-state index contributed by atoms with van der Waals surface area (Å²) in [5.41, 5.74) is 1.20. The van der Waals surface area contributed by atoms with Gasteiger partial charge in [-0.3, -0.25) is 0 Å². The van der Waals surface area contributed by atoms with Gasteiger partial charge in [-0.05, 0) is 47.2 Å². The molecule has 6 heteroatoms. The summed E-state index contributed by atoms with van der Waals surface area (Å²) in [6.07, 6.45) is 1.16. The minimum absolute atomic E-state index is 0.216. The van der Waals surface area contributed by atoms with E-state index in [1.54, 1.807) is 0 Å². The van der Waals surface area contributed by atoms with E-state index >= 15 is 0 Å². The highest BCUT2D eigenvalue weighted by atomic mass is 127. The molecule has 1 unspecified atom stereocenters. The van der Waals surface area contributed by atoms with Crippen molar-refractivity contribution in [3.63, 3.8) is 0 Å². The van der Waals surface area contributed by atoms with Gasteiger partial charge >= 0.3 is 0 Å². The van der Waals surface area contributed by atoms with Crippen molar-refractivity contribution in [3.8, 4) is 0 Å². The van der Waals surface area contributed by atoms with Crippen molar-refractivity contribution in [1.29, 1.82) is 0 Å². The van der Waals surface area contributed by atoms with Crippen molar-refractivity contribution in [2.45, 2.75) is 13.0 Å². The first-order valence-electron chi connectivity index (χ1n) is 5.32. The van der Waals surface area contributed by atoms with Gasteiger partial charge in [-0.15, -0.1) is 0 Å². The molecule has 1 atom stereocenters. The van der Waals surface area contributed by atoms with E-state index in [-0.39, 0.29) is 6.04 Å². The molecule has 0 aliphatic rings. The molecule has 0 saturated heterocycles. The second-order valence-electron chi connectivity index (χ2n) is 3.89. The summed E-state index contributed by atoms with van der Waals surface area (Å²) in [4.78, 5) is 0. The monoisotopic (exact) mass is 368 g/mol. The minimum Gasteiger partial charge on any atom is -0.309 e. The predicted octanol–water partition coefficient (Wildman–Crippen LogP) is 1.49. The highest BCUT2D eigenvalue weighted by Gasteiger charge is 2.04. The third-order valence-electron chi connectivity index (χ3n) is 2.31. The first kappa shape index (κ1) is 14.9. The Morgan fingerprint density at radius 2 is 1.82 bits per heavy atom. The fourth-order valence-corrected chi connectivity index (χ4v) is 2.23. The molecular weight excluding hydrogens is 351 g/mol. The smallest absolute Gasteiger partial charge is 0.208 e. The van der Waals surface area contributed by atoms with Crippen LogP contribution in [-0.4, -0.2) is 27.8 Å². The van der Waals surface area contributed by atoms with Gasteiger partial charge in [0.25, 0.3) is 0 Å². The van der Waals surface area contributed by atoms with Crippen LogP contribution in [0.5, 0.6) is 0 Å². The lowest BCUT2D eigenvalue weighted by molar-refractivity contribution is 0.556. The maximum atomic E-state index is 10.8. The molecule has 1 aromatic carbocycles. The van der Waals surface area contributed by atoms with Gasteiger partial charge in [0.2, 0.25) is 10.0 Å². The zero-order valence-corrected chi connectivity index (χ0v) is 12.9. The van der Waals surface area contributed by atoms with Crippen LogP contribution in [0, 0.1) is 3.57 Å². The van der Waals surface area contributed by atoms with E-state index in [1.807, 2.05) is 0 Å². The van der Waals surface area contributed by atoms with E-state index in [0.717, 1.165) is 6.26 Å². The fourth-order valence-electron chi connectivity index (χ4n) is 1.39. The van der Waals surface area contributed by atoms with Crippen LogP contribution in [0.2, 0.25) is 0 Å². The molecule has 0 spiro atoms. The van der Waals surface area contributed by atoms with Gasteiger partial charge in [-0.25, -0.2) is 13.1 Å². The van der Waals surface area contributed by atoms with E-state index < -0.39 is 10.0 Å². The van der Waals surface area contributed by atoms with Gasteiger partial charge < -0.3 is 5.32 Å². The second kappa shape index (κ2) is 6.67. The van der Waals surface area contributed by atoms with Gasteiger partial charge in [0.1, 0.15) is 0 Å². The lowest BCUT2D eigenvalue weighted by Crippen LogP contribution is -2.32. The Hall–Kier alpha value is -0.180. The van der Waals surface area contributed by atoms with E-state index in [4.69, 9.17) is 0 Å². The van der Waals surface area contributed by atoms with E-state index in [9.17, 15) is 8.42 Å². The van der Waals surface area contributed by atoms with Crippen molar-refractivity contribution < 1.29 is 8.42 Å². The highest BCUT2D eigenvalue weighted by Crippen LogP contribution is 2.13. The summed E-state index contributed by atoms with van der Waals surface area (Å²) in [5, 5.41) is 3.26. The third kappa shape index (κ3) is 6.35. The largest absolute Gasteiger partial charge is 0.309 e. The summed E-state index contributed by atoms with van der Waals surface area (Å²) < 4.78 is 25.3. The zero-order chi connectivity index (χ0) is 12.9. The summed E-state index contributed by atoms with van der Waals surface area (Å²) in [6, 6.07) is 8.48. The lowest BCUT2D eigenvalue weighted by atomic mass is 10.1. The van der Waals surface area contributed by atoms with E-state index in [0.29, 0.717) is 13.1 Å². The molecule has 0 aliphatic heterocycles. The van der Waals surface area contributed by atoms with Crippen LogP contribution in [0.25, 0.3) is 0 Å². The minimum atomic E-state index is -3.08. The summed E-state index contributed by atoms with van der Waals surface area (Å²) in [7, 11) is -3.08. The van der Waals surface area contributed by atoms with Crippen LogP contribution in [0.3, 0.4) is 0 Å². The molecule has 0 radical (unpaired) electrons. The highest BCUT2D eigenvalue weighted by molar-refractivity contribution is 14.1. The molecule has 0 fully saturated rings. The topological polar surface area (TPSA) is 58.2 Å². The van der Waals surface area contributed by atoms with Gasteiger partial charge in [-0.2, -0.15) is 0 Å². The average Bonchev–Trinajstić information content (AvgIpc) is 2.24. The Balaban J connectivity index is 2.35. The molecule has 0 bridgehead atoms. The summed E-state index contributed by atoms with van der Waals surface area (Å²) in [5.74, 6) is 0. The van der Waals surface area contributed by atoms with Gasteiger partial charge in [0.15, 0.2) is 0 Å². The number of rotatable bonds is 6. The molecule has 0 aliphatic carbocycles. The van der Waals surface area contributed by atoms with Gasteiger partial charge in [-0.1, -0.05) is 12.1 Å². The SMILES string of the molecule is CC(NCCNS(C)(=O)=O)c1ccc(I)cc1. The third-order valence-corrected chi connectivity index (χ3v) is 3.76. The average molecular weight is 368 g/mol. The van der Waals surface area contributed by atoms with E-state index in [1.165, 1.54) is 9.13 Å². The molecule has 96 valence electrons. The van der Waals surface area contributed by atoms with Crippen molar-refractivity contribution in [2.75, 3.05) is 19.3 Å². The van der Waals surface area contributed by atoms with Crippen LogP contribution in [0.4, 0.5) is 0 Å². The van der Waals surface area contributed by atoms with Crippen LogP contribution in [0.1, 0.15) is 18.5 Å². The molecule has 0 heterocycles. The number of sulfonamides is 1. The molecule has 0 amide bonds. The number of halogens is 1. The van der Waals surface area contributed by atoms with E-state index in [2.05, 4.69) is 63.8 Å². The molecule has 17 heavy (non-hydrogen) atoms. The van der Waals surface area contributed by atoms with Crippen LogP contribution >= 0.6 is 22.6 Å². The molecule has 1 aromatic rings. The number of hydrogen-bond donors (Lipinski definition) is 2. The molecule has 2 N–H and O–H groups in total. The predicted molar refractivity (Wildman–Crippen MR) is 78.4 cm³/mol. The first-order chi connectivity index (χ1) is 7.88. The van der Waals surface area contributed by atoms with Crippen LogP contribution in [0.15, 0.2) is 24.3 Å². The maximum absolute atomic E-state index is 10.8. The molecule has 0 saturated carbocycles. The Morgan fingerprint density at radius 3 is 2.35 bits per heavy atom. The molecule has 0 aromatic heterocycles. The Bertz CT molecular complexity index is 445. The molecule has 1 rings (SSSR count). The number of benzene rings is 1. The maximum Gasteiger partial charge on any atom is 0.208 e. The number of hydrogen-bond acceptors (Lipinski definition) is 3. The normalized spacial score (nSPS) is 13.6. The first-order valence-corrected chi connectivity index (χ1v) is 8.29. The van der Waals surface area contributed by atoms with Crippen LogP contribution in [-0.2, 0) is 10.0 Å². The van der Waals surface area contributed by atoms with Crippen molar-refractivity contribution >= 4 is 32.6 Å². The van der Waals surface area contributed by atoms with Gasteiger partial charge in [0, 0.05) is 22.7 Å². The second-order valence-corrected chi connectivity index (χ2v) is 6.97. The number of nitrogens with one attached hydrogen (secondary N) is 2. The summed E-state index contributed by atoms with van der Waals surface area (Å²) >= 11 is 2.27. The fraction of sp³-hybridized carbons (Fsp3) is 0.455. The Labute approximate surface area is 116 Å². The standard InChI is InChI=1S/C11H17IN2O2S/c1-9(10-3-5-11(12)6-4-10)13-7-8-14-17(2,15)16/h3-6,9,13-14H,7-8H2,1-2H3. The van der Waals surface area contributed by atoms with Crippen molar-refractivity contribution in [3.05, 3.63) is 33.4 Å². The summed E-state index contributed by atoms with van der Waals surface area (Å²) in [6.45, 7) is 3.08. The lowest BCUT2D eigenvalue weighted by Gasteiger charge is -2.14. The van der Waals surface area contributed by atoms with Crippen LogP contribution < -0.4 is 10.0 Å². The zero-order valence-electron chi connectivity index (χ0n) is 9.90. The molecule has 4 nitrogen and oxygen atoms in total. The Kier molecular flexibility index (Phi) is 5.84. The Morgan fingerprint density at radius 1 is 1.24 bits per heavy atom. The quantitative estimate of drug-likeness (QED) is 0.591.